The molecule has 0 atom stereocenters. The molecular formula is C16H24N2O4. The Balaban J connectivity index is 1.58. The van der Waals surface area contributed by atoms with Crippen LogP contribution in [0.3, 0.4) is 0 Å². The summed E-state index contributed by atoms with van der Waals surface area (Å²) in [6.45, 7) is 2.41. The van der Waals surface area contributed by atoms with Crippen LogP contribution in [0.15, 0.2) is 4.42 Å². The first kappa shape index (κ1) is 16.5. The number of hydrogen-bond acceptors (Lipinski definition) is 4. The van der Waals surface area contributed by atoms with Crippen LogP contribution in [-0.2, 0) is 4.79 Å². The van der Waals surface area contributed by atoms with Gasteiger partial charge in [-0.25, -0.2) is 4.98 Å². The number of nitrogens with one attached hydrogen (secondary N) is 1. The molecule has 22 heavy (non-hydrogen) atoms. The first-order valence-electron chi connectivity index (χ1n) is 8.05. The Morgan fingerprint density at radius 1 is 1.23 bits per heavy atom. The van der Waals surface area contributed by atoms with Crippen LogP contribution in [0, 0.1) is 6.92 Å². The number of unbranched alkanes of at least 4 members (excludes halogenated alkanes) is 4. The quantitative estimate of drug-likeness (QED) is 0.648. The molecule has 1 aromatic heterocycles. The van der Waals surface area contributed by atoms with Gasteiger partial charge < -0.3 is 14.8 Å². The van der Waals surface area contributed by atoms with Crippen molar-refractivity contribution in [1.29, 1.82) is 0 Å². The van der Waals surface area contributed by atoms with Crippen LogP contribution in [0.2, 0.25) is 0 Å². The van der Waals surface area contributed by atoms with Crippen molar-refractivity contribution < 1.29 is 19.1 Å². The Morgan fingerprint density at radius 3 is 2.59 bits per heavy atom. The lowest BCUT2D eigenvalue weighted by atomic mass is 10.1. The average Bonchev–Trinajstić information content (AvgIpc) is 3.24. The second kappa shape index (κ2) is 7.96. The summed E-state index contributed by atoms with van der Waals surface area (Å²) in [4.78, 5) is 26.7. The summed E-state index contributed by atoms with van der Waals surface area (Å²) in [7, 11) is 0. The lowest BCUT2D eigenvalue weighted by molar-refractivity contribution is -0.137. The van der Waals surface area contributed by atoms with E-state index in [1.807, 2.05) is 0 Å². The third-order valence-corrected chi connectivity index (χ3v) is 3.80. The maximum atomic E-state index is 12.0. The third kappa shape index (κ3) is 5.16. The van der Waals surface area contributed by atoms with Gasteiger partial charge in [-0.05, 0) is 32.6 Å². The van der Waals surface area contributed by atoms with E-state index in [1.54, 1.807) is 6.92 Å². The molecule has 122 valence electrons. The molecule has 1 amide bonds. The van der Waals surface area contributed by atoms with Gasteiger partial charge in [0.05, 0.1) is 5.69 Å². The second-order valence-electron chi connectivity index (χ2n) is 5.91. The van der Waals surface area contributed by atoms with Crippen molar-refractivity contribution in [2.24, 2.45) is 0 Å². The van der Waals surface area contributed by atoms with Crippen LogP contribution in [0.4, 0.5) is 0 Å². The molecule has 2 rings (SSSR count). The molecular weight excluding hydrogens is 284 g/mol. The lowest BCUT2D eigenvalue weighted by Gasteiger charge is -2.03. The van der Waals surface area contributed by atoms with Gasteiger partial charge in [-0.3, -0.25) is 9.59 Å². The average molecular weight is 308 g/mol. The summed E-state index contributed by atoms with van der Waals surface area (Å²) in [5.41, 5.74) is 0.660. The minimum Gasteiger partial charge on any atom is -0.481 e. The molecule has 0 bridgehead atoms. The summed E-state index contributed by atoms with van der Waals surface area (Å²) >= 11 is 0. The molecule has 0 spiro atoms. The van der Waals surface area contributed by atoms with Gasteiger partial charge in [0.1, 0.15) is 0 Å². The fourth-order valence-electron chi connectivity index (χ4n) is 2.35. The number of carbonyl (C=O) groups is 2. The molecule has 2 N–H and O–H groups in total. The van der Waals surface area contributed by atoms with Gasteiger partial charge in [0.25, 0.3) is 5.91 Å². The van der Waals surface area contributed by atoms with Gasteiger partial charge in [-0.2, -0.15) is 0 Å². The highest BCUT2D eigenvalue weighted by atomic mass is 16.4. The molecule has 0 radical (unpaired) electrons. The zero-order valence-corrected chi connectivity index (χ0v) is 13.1. The highest BCUT2D eigenvalue weighted by molar-refractivity contribution is 5.92. The zero-order chi connectivity index (χ0) is 15.9. The lowest BCUT2D eigenvalue weighted by Crippen LogP contribution is -2.24. The molecule has 6 nitrogen and oxygen atoms in total. The largest absolute Gasteiger partial charge is 0.481 e. The van der Waals surface area contributed by atoms with Gasteiger partial charge in [0, 0.05) is 18.9 Å². The van der Waals surface area contributed by atoms with E-state index in [0.717, 1.165) is 44.9 Å². The molecule has 1 aliphatic carbocycles. The second-order valence-corrected chi connectivity index (χ2v) is 5.91. The molecule has 0 unspecified atom stereocenters. The van der Waals surface area contributed by atoms with Crippen LogP contribution < -0.4 is 5.32 Å². The van der Waals surface area contributed by atoms with Gasteiger partial charge in [0.15, 0.2) is 5.89 Å². The maximum Gasteiger partial charge on any atom is 0.303 e. The molecule has 1 fully saturated rings. The first-order valence-corrected chi connectivity index (χ1v) is 8.05. The number of oxazole rings is 1. The van der Waals surface area contributed by atoms with Crippen molar-refractivity contribution in [3.05, 3.63) is 17.3 Å². The van der Waals surface area contributed by atoms with E-state index in [9.17, 15) is 9.59 Å². The standard InChI is InChI=1S/C16H24N2O4/c1-11-14(22-16(18-11)12-8-9-12)15(21)17-10-6-4-2-3-5-7-13(19)20/h12H,2-10H2,1H3,(H,17,21)(H,19,20). The Hall–Kier alpha value is -1.85. The van der Waals surface area contributed by atoms with E-state index in [2.05, 4.69) is 10.3 Å². The van der Waals surface area contributed by atoms with Gasteiger partial charge in [-0.15, -0.1) is 0 Å². The summed E-state index contributed by atoms with van der Waals surface area (Å²) < 4.78 is 5.55. The number of aryl methyl sites for hydroxylation is 1. The Bertz CT molecular complexity index is 520. The highest BCUT2D eigenvalue weighted by Gasteiger charge is 2.30. The number of carboxylic acids is 1. The van der Waals surface area contributed by atoms with Gasteiger partial charge >= 0.3 is 5.97 Å². The normalized spacial score (nSPS) is 14.0. The van der Waals surface area contributed by atoms with Gasteiger partial charge in [0.2, 0.25) is 5.76 Å². The molecule has 1 saturated carbocycles. The summed E-state index contributed by atoms with van der Waals surface area (Å²) in [6.07, 6.45) is 6.96. The minimum atomic E-state index is -0.736. The number of aliphatic carboxylic acids is 1. The number of aromatic nitrogens is 1. The molecule has 1 aromatic rings. The number of rotatable bonds is 10. The van der Waals surface area contributed by atoms with Crippen molar-refractivity contribution in [2.45, 2.75) is 64.2 Å². The van der Waals surface area contributed by atoms with Crippen LogP contribution in [-0.4, -0.2) is 28.5 Å². The van der Waals surface area contributed by atoms with E-state index >= 15 is 0 Å². The number of hydrogen-bond donors (Lipinski definition) is 2. The van der Waals surface area contributed by atoms with Crippen LogP contribution >= 0.6 is 0 Å². The first-order chi connectivity index (χ1) is 10.6. The van der Waals surface area contributed by atoms with Crippen molar-refractivity contribution >= 4 is 11.9 Å². The molecule has 0 aliphatic heterocycles. The van der Waals surface area contributed by atoms with E-state index < -0.39 is 5.97 Å². The fourth-order valence-corrected chi connectivity index (χ4v) is 2.35. The number of carbonyl (C=O) groups excluding carboxylic acids is 1. The number of amides is 1. The molecule has 0 saturated heterocycles. The number of nitrogens with zero attached hydrogens (tertiary/aromatic N) is 1. The molecule has 6 heteroatoms. The predicted molar refractivity (Wildman–Crippen MR) is 80.9 cm³/mol. The Kier molecular flexibility index (Phi) is 5.98. The fraction of sp³-hybridized carbons (Fsp3) is 0.688. The summed E-state index contributed by atoms with van der Waals surface area (Å²) in [6, 6.07) is 0. The van der Waals surface area contributed by atoms with Crippen LogP contribution in [0.25, 0.3) is 0 Å². The van der Waals surface area contributed by atoms with Crippen molar-refractivity contribution in [3.8, 4) is 0 Å². The predicted octanol–water partition coefficient (Wildman–Crippen LogP) is 3.02. The smallest absolute Gasteiger partial charge is 0.303 e. The van der Waals surface area contributed by atoms with Crippen LogP contribution in [0.5, 0.6) is 0 Å². The van der Waals surface area contributed by atoms with Gasteiger partial charge in [-0.1, -0.05) is 19.3 Å². The van der Waals surface area contributed by atoms with E-state index in [-0.39, 0.29) is 12.3 Å². The molecule has 0 aromatic carbocycles. The van der Waals surface area contributed by atoms with Crippen molar-refractivity contribution in [3.63, 3.8) is 0 Å². The van der Waals surface area contributed by atoms with E-state index in [4.69, 9.17) is 9.52 Å². The Labute approximate surface area is 130 Å². The highest BCUT2D eigenvalue weighted by Crippen LogP contribution is 2.39. The Morgan fingerprint density at radius 2 is 1.91 bits per heavy atom. The zero-order valence-electron chi connectivity index (χ0n) is 13.1. The number of carboxylic acid groups (broad SMARTS) is 1. The van der Waals surface area contributed by atoms with E-state index in [0.29, 0.717) is 29.8 Å². The monoisotopic (exact) mass is 308 g/mol. The van der Waals surface area contributed by atoms with Crippen molar-refractivity contribution in [1.82, 2.24) is 10.3 Å². The minimum absolute atomic E-state index is 0.192. The molecule has 1 aliphatic rings. The SMILES string of the molecule is Cc1nc(C2CC2)oc1C(=O)NCCCCCCCC(=O)O. The van der Waals surface area contributed by atoms with E-state index in [1.165, 1.54) is 0 Å². The van der Waals surface area contributed by atoms with Crippen molar-refractivity contribution in [2.75, 3.05) is 6.54 Å². The molecule has 1 heterocycles. The summed E-state index contributed by atoms with van der Waals surface area (Å²) in [5.74, 6) is 0.513. The topological polar surface area (TPSA) is 92.4 Å². The maximum absolute atomic E-state index is 12.0. The summed E-state index contributed by atoms with van der Waals surface area (Å²) in [5, 5.41) is 11.4. The van der Waals surface area contributed by atoms with Crippen LogP contribution in [0.1, 0.15) is 79.4 Å². The third-order valence-electron chi connectivity index (χ3n) is 3.80.